The zero-order chi connectivity index (χ0) is 24.2. The van der Waals surface area contributed by atoms with Crippen LogP contribution in [-0.4, -0.2) is 61.2 Å². The number of alkyl halides is 3. The molecule has 1 aromatic heterocycles. The number of aryl methyl sites for hydroxylation is 1. The minimum absolute atomic E-state index is 0.0902. The summed E-state index contributed by atoms with van der Waals surface area (Å²) >= 11 is 0. The van der Waals surface area contributed by atoms with Crippen LogP contribution in [0.25, 0.3) is 0 Å². The van der Waals surface area contributed by atoms with Gasteiger partial charge in [-0.05, 0) is 50.6 Å². The van der Waals surface area contributed by atoms with Crippen molar-refractivity contribution in [1.29, 1.82) is 0 Å². The Labute approximate surface area is 190 Å². The zero-order valence-corrected chi connectivity index (χ0v) is 19.1. The molecule has 0 aliphatic carbocycles. The molecule has 0 saturated carbocycles. The fourth-order valence-corrected chi connectivity index (χ4v) is 4.60. The number of benzene rings is 1. The van der Waals surface area contributed by atoms with Crippen molar-refractivity contribution in [3.63, 3.8) is 0 Å². The van der Waals surface area contributed by atoms with E-state index in [9.17, 15) is 26.4 Å². The summed E-state index contributed by atoms with van der Waals surface area (Å²) in [5.74, 6) is -0.998. The third kappa shape index (κ3) is 6.45. The Kier molecular flexibility index (Phi) is 7.65. The first-order valence-electron chi connectivity index (χ1n) is 10.4. The lowest BCUT2D eigenvalue weighted by molar-refractivity contribution is -0.137. The Balaban J connectivity index is 1.66. The second-order valence-electron chi connectivity index (χ2n) is 7.72. The molecular formula is C20H26F3N5O4S. The van der Waals surface area contributed by atoms with Gasteiger partial charge in [-0.15, -0.1) is 0 Å². The van der Waals surface area contributed by atoms with Gasteiger partial charge in [0, 0.05) is 25.3 Å². The lowest BCUT2D eigenvalue weighted by Crippen LogP contribution is -2.45. The molecule has 1 saturated heterocycles. The minimum Gasteiger partial charge on any atom is -0.431 e. The molecule has 0 radical (unpaired) electrons. The van der Waals surface area contributed by atoms with Crippen LogP contribution in [0, 0.1) is 6.92 Å². The molecule has 0 bridgehead atoms. The number of nitrogens with zero attached hydrogens (tertiary/aromatic N) is 3. The first-order chi connectivity index (χ1) is 15.5. The SMILES string of the molecule is CCCN1CCCN(S(=O)(=O)NC(=O)c2coc(Nc3cc(C(F)(F)F)ccc3C)n2)CC1. The van der Waals surface area contributed by atoms with Crippen molar-refractivity contribution in [2.24, 2.45) is 0 Å². The van der Waals surface area contributed by atoms with Gasteiger partial charge in [0.25, 0.3) is 11.9 Å². The lowest BCUT2D eigenvalue weighted by Gasteiger charge is -2.21. The zero-order valence-electron chi connectivity index (χ0n) is 18.3. The first-order valence-corrected chi connectivity index (χ1v) is 11.9. The number of anilines is 2. The minimum atomic E-state index is -4.53. The predicted molar refractivity (Wildman–Crippen MR) is 115 cm³/mol. The summed E-state index contributed by atoms with van der Waals surface area (Å²) < 4.78 is 72.5. The average molecular weight is 490 g/mol. The highest BCUT2D eigenvalue weighted by Crippen LogP contribution is 2.33. The molecule has 0 unspecified atom stereocenters. The number of carbonyl (C=O) groups excluding carboxylic acids is 1. The van der Waals surface area contributed by atoms with E-state index in [-0.39, 0.29) is 30.5 Å². The van der Waals surface area contributed by atoms with Crippen molar-refractivity contribution in [3.8, 4) is 0 Å². The summed E-state index contributed by atoms with van der Waals surface area (Å²) in [5.41, 5.74) is -0.602. The molecule has 182 valence electrons. The summed E-state index contributed by atoms with van der Waals surface area (Å²) in [4.78, 5) is 18.5. The molecule has 1 amide bonds. The number of carbonyl (C=O) groups is 1. The van der Waals surface area contributed by atoms with E-state index in [1.165, 1.54) is 10.4 Å². The van der Waals surface area contributed by atoms with E-state index < -0.39 is 27.9 Å². The topological polar surface area (TPSA) is 108 Å². The van der Waals surface area contributed by atoms with Crippen molar-refractivity contribution in [2.45, 2.75) is 32.9 Å². The molecule has 0 spiro atoms. The van der Waals surface area contributed by atoms with Gasteiger partial charge in [-0.2, -0.15) is 30.9 Å². The Morgan fingerprint density at radius 2 is 1.97 bits per heavy atom. The smallest absolute Gasteiger partial charge is 0.416 e. The molecule has 13 heteroatoms. The largest absolute Gasteiger partial charge is 0.431 e. The Hall–Kier alpha value is -2.64. The van der Waals surface area contributed by atoms with Crippen molar-refractivity contribution in [1.82, 2.24) is 18.9 Å². The molecule has 1 aromatic carbocycles. The van der Waals surface area contributed by atoms with E-state index in [4.69, 9.17) is 4.42 Å². The van der Waals surface area contributed by atoms with Gasteiger partial charge in [0.1, 0.15) is 6.26 Å². The lowest BCUT2D eigenvalue weighted by atomic mass is 10.1. The number of aromatic nitrogens is 1. The maximum absolute atomic E-state index is 13.0. The molecule has 2 heterocycles. The number of nitrogens with one attached hydrogen (secondary N) is 2. The second-order valence-corrected chi connectivity index (χ2v) is 9.39. The Morgan fingerprint density at radius 1 is 1.21 bits per heavy atom. The highest BCUT2D eigenvalue weighted by Gasteiger charge is 2.31. The normalized spacial score (nSPS) is 16.4. The Bertz CT molecular complexity index is 1090. The second kappa shape index (κ2) is 10.1. The summed E-state index contributed by atoms with van der Waals surface area (Å²) in [6.45, 7) is 6.40. The quantitative estimate of drug-likeness (QED) is 0.615. The van der Waals surface area contributed by atoms with Crippen LogP contribution < -0.4 is 10.0 Å². The van der Waals surface area contributed by atoms with Crippen molar-refractivity contribution >= 4 is 27.8 Å². The van der Waals surface area contributed by atoms with Crippen molar-refractivity contribution < 1.29 is 30.8 Å². The highest BCUT2D eigenvalue weighted by molar-refractivity contribution is 7.87. The number of oxazole rings is 1. The van der Waals surface area contributed by atoms with E-state index in [1.54, 1.807) is 6.92 Å². The fraction of sp³-hybridized carbons (Fsp3) is 0.500. The van der Waals surface area contributed by atoms with E-state index >= 15 is 0 Å². The van der Waals surface area contributed by atoms with Crippen LogP contribution in [0.2, 0.25) is 0 Å². The third-order valence-corrected chi connectivity index (χ3v) is 6.68. The fourth-order valence-electron chi connectivity index (χ4n) is 3.45. The molecular weight excluding hydrogens is 463 g/mol. The van der Waals surface area contributed by atoms with E-state index in [0.717, 1.165) is 37.9 Å². The molecule has 1 fully saturated rings. The number of hydrogen-bond donors (Lipinski definition) is 2. The number of halogens is 3. The van der Waals surface area contributed by atoms with Crippen LogP contribution in [0.5, 0.6) is 0 Å². The molecule has 33 heavy (non-hydrogen) atoms. The van der Waals surface area contributed by atoms with Crippen LogP contribution in [0.3, 0.4) is 0 Å². The van der Waals surface area contributed by atoms with Gasteiger partial charge in [-0.1, -0.05) is 13.0 Å². The van der Waals surface area contributed by atoms with Crippen LogP contribution in [-0.2, 0) is 16.4 Å². The first kappa shape index (κ1) is 25.0. The van der Waals surface area contributed by atoms with Crippen molar-refractivity contribution in [3.05, 3.63) is 41.3 Å². The molecule has 1 aliphatic rings. The maximum atomic E-state index is 13.0. The van der Waals surface area contributed by atoms with E-state index in [1.807, 2.05) is 4.72 Å². The highest BCUT2D eigenvalue weighted by atomic mass is 32.2. The van der Waals surface area contributed by atoms with Gasteiger partial charge in [0.05, 0.1) is 5.56 Å². The summed E-state index contributed by atoms with van der Waals surface area (Å²) in [6, 6.07) is 2.89. The van der Waals surface area contributed by atoms with Crippen molar-refractivity contribution in [2.75, 3.05) is 38.0 Å². The molecule has 2 N–H and O–H groups in total. The summed E-state index contributed by atoms with van der Waals surface area (Å²) in [5, 5.41) is 2.59. The molecule has 9 nitrogen and oxygen atoms in total. The van der Waals surface area contributed by atoms with Gasteiger partial charge in [0.15, 0.2) is 5.69 Å². The monoisotopic (exact) mass is 489 g/mol. The van der Waals surface area contributed by atoms with Crippen LogP contribution in [0.4, 0.5) is 24.9 Å². The molecule has 3 rings (SSSR count). The molecule has 0 atom stereocenters. The average Bonchev–Trinajstić information content (AvgIpc) is 3.06. The molecule has 2 aromatic rings. The van der Waals surface area contributed by atoms with Crippen LogP contribution >= 0.6 is 0 Å². The molecule has 1 aliphatic heterocycles. The number of hydrogen-bond acceptors (Lipinski definition) is 7. The van der Waals surface area contributed by atoms with E-state index in [2.05, 4.69) is 22.1 Å². The predicted octanol–water partition coefficient (Wildman–Crippen LogP) is 3.14. The van der Waals surface area contributed by atoms with Gasteiger partial charge >= 0.3 is 16.4 Å². The third-order valence-electron chi connectivity index (χ3n) is 5.19. The van der Waals surface area contributed by atoms with Crippen LogP contribution in [0.15, 0.2) is 28.9 Å². The Morgan fingerprint density at radius 3 is 2.67 bits per heavy atom. The summed E-state index contributed by atoms with van der Waals surface area (Å²) in [6.07, 6.45) is -1.99. The van der Waals surface area contributed by atoms with E-state index in [0.29, 0.717) is 18.5 Å². The maximum Gasteiger partial charge on any atom is 0.416 e. The van der Waals surface area contributed by atoms with Gasteiger partial charge in [0.2, 0.25) is 0 Å². The van der Waals surface area contributed by atoms with Gasteiger partial charge in [-0.25, -0.2) is 4.72 Å². The summed E-state index contributed by atoms with van der Waals surface area (Å²) in [7, 11) is -4.09. The van der Waals surface area contributed by atoms with Crippen LogP contribution in [0.1, 0.15) is 41.4 Å². The number of rotatable bonds is 7. The van der Waals surface area contributed by atoms with Gasteiger partial charge < -0.3 is 14.6 Å². The van der Waals surface area contributed by atoms with Gasteiger partial charge in [-0.3, -0.25) is 4.79 Å². The standard InChI is InChI=1S/C20H26F3N5O4S/c1-3-7-27-8-4-9-28(11-10-27)33(30,31)26-18(29)17-13-32-19(25-17)24-16-12-15(20(21,22)23)6-5-14(16)2/h5-6,12-13H,3-4,7-11H2,1-2H3,(H,24,25)(H,26,29). The number of amides is 1.